The van der Waals surface area contributed by atoms with Gasteiger partial charge in [-0.15, -0.1) is 0 Å². The minimum atomic E-state index is 0.604. The maximum Gasteiger partial charge on any atom is 0.0475 e. The summed E-state index contributed by atoms with van der Waals surface area (Å²) < 4.78 is 0. The molecule has 3 heteroatoms. The highest BCUT2D eigenvalue weighted by Gasteiger charge is 2.36. The van der Waals surface area contributed by atoms with E-state index in [4.69, 9.17) is 0 Å². The maximum atomic E-state index is 2.75. The molecule has 20 heavy (non-hydrogen) atoms. The number of benzene rings is 1. The van der Waals surface area contributed by atoms with Crippen LogP contribution in [0, 0.1) is 0 Å². The van der Waals surface area contributed by atoms with Crippen molar-refractivity contribution in [3.05, 3.63) is 35.9 Å². The van der Waals surface area contributed by atoms with Gasteiger partial charge in [0.1, 0.15) is 0 Å². The molecule has 2 saturated heterocycles. The zero-order chi connectivity index (χ0) is 13.8. The van der Waals surface area contributed by atoms with Crippen molar-refractivity contribution in [1.82, 2.24) is 9.80 Å². The molecule has 0 saturated carbocycles. The van der Waals surface area contributed by atoms with Gasteiger partial charge in [0.25, 0.3) is 0 Å². The van der Waals surface area contributed by atoms with E-state index in [9.17, 15) is 0 Å². The first-order valence-electron chi connectivity index (χ1n) is 7.90. The Morgan fingerprint density at radius 2 is 2.05 bits per heavy atom. The summed E-state index contributed by atoms with van der Waals surface area (Å²) in [4.78, 5) is 5.47. The standard InChI is InChI=1S/C17H26N2S/c1-20-12-6-11-19-13-16-9-5-10-18(16)14-17(19)15-7-3-2-4-8-15/h2-4,7-8,16-17H,5-6,9-14H2,1H3. The summed E-state index contributed by atoms with van der Waals surface area (Å²) in [6, 6.07) is 12.5. The fraction of sp³-hybridized carbons (Fsp3) is 0.647. The van der Waals surface area contributed by atoms with Gasteiger partial charge in [0.15, 0.2) is 0 Å². The lowest BCUT2D eigenvalue weighted by molar-refractivity contribution is 0.0508. The predicted octanol–water partition coefficient (Wildman–Crippen LogP) is 3.26. The van der Waals surface area contributed by atoms with Crippen LogP contribution < -0.4 is 0 Å². The van der Waals surface area contributed by atoms with Gasteiger partial charge >= 0.3 is 0 Å². The number of fused-ring (bicyclic) bond motifs is 1. The van der Waals surface area contributed by atoms with Crippen molar-refractivity contribution in [3.8, 4) is 0 Å². The van der Waals surface area contributed by atoms with Crippen LogP contribution in [-0.4, -0.2) is 54.0 Å². The molecule has 0 aromatic heterocycles. The largest absolute Gasteiger partial charge is 0.297 e. The van der Waals surface area contributed by atoms with Crippen LogP contribution in [0.2, 0.25) is 0 Å². The Morgan fingerprint density at radius 3 is 2.85 bits per heavy atom. The van der Waals surface area contributed by atoms with Crippen LogP contribution in [-0.2, 0) is 0 Å². The summed E-state index contributed by atoms with van der Waals surface area (Å²) in [7, 11) is 0. The van der Waals surface area contributed by atoms with E-state index < -0.39 is 0 Å². The van der Waals surface area contributed by atoms with Gasteiger partial charge in [-0.05, 0) is 49.9 Å². The van der Waals surface area contributed by atoms with Gasteiger partial charge in [-0.1, -0.05) is 30.3 Å². The molecular formula is C17H26N2S. The normalized spacial score (nSPS) is 27.6. The lowest BCUT2D eigenvalue weighted by Gasteiger charge is -2.44. The Hall–Kier alpha value is -0.510. The van der Waals surface area contributed by atoms with Crippen LogP contribution in [0.4, 0.5) is 0 Å². The van der Waals surface area contributed by atoms with E-state index >= 15 is 0 Å². The highest BCUT2D eigenvalue weighted by Crippen LogP contribution is 2.32. The van der Waals surface area contributed by atoms with Gasteiger partial charge in [-0.2, -0.15) is 11.8 Å². The number of rotatable bonds is 5. The summed E-state index contributed by atoms with van der Waals surface area (Å²) >= 11 is 1.97. The average Bonchev–Trinajstić information content (AvgIpc) is 2.95. The monoisotopic (exact) mass is 290 g/mol. The molecule has 1 aromatic carbocycles. The fourth-order valence-corrected chi connectivity index (χ4v) is 4.15. The van der Waals surface area contributed by atoms with E-state index in [0.29, 0.717) is 6.04 Å². The molecule has 2 fully saturated rings. The van der Waals surface area contributed by atoms with Crippen molar-refractivity contribution >= 4 is 11.8 Å². The molecule has 2 aliphatic rings. The Bertz CT molecular complexity index is 409. The minimum absolute atomic E-state index is 0.604. The van der Waals surface area contributed by atoms with Crippen molar-refractivity contribution < 1.29 is 0 Å². The molecule has 2 atom stereocenters. The van der Waals surface area contributed by atoms with Gasteiger partial charge in [-0.25, -0.2) is 0 Å². The van der Waals surface area contributed by atoms with Crippen molar-refractivity contribution in [3.63, 3.8) is 0 Å². The lowest BCUT2D eigenvalue weighted by Crippen LogP contribution is -2.52. The van der Waals surface area contributed by atoms with E-state index in [-0.39, 0.29) is 0 Å². The van der Waals surface area contributed by atoms with Crippen LogP contribution in [0.5, 0.6) is 0 Å². The van der Waals surface area contributed by atoms with E-state index in [1.807, 2.05) is 11.8 Å². The van der Waals surface area contributed by atoms with Crippen LogP contribution in [0.15, 0.2) is 30.3 Å². The molecule has 2 nitrogen and oxygen atoms in total. The second-order valence-corrected chi connectivity index (χ2v) is 7.04. The van der Waals surface area contributed by atoms with E-state index in [0.717, 1.165) is 6.04 Å². The Kier molecular flexibility index (Phi) is 5.03. The molecule has 2 aliphatic heterocycles. The molecule has 0 bridgehead atoms. The summed E-state index contributed by atoms with van der Waals surface area (Å²) in [5, 5.41) is 0. The summed E-state index contributed by atoms with van der Waals surface area (Å²) in [6.45, 7) is 5.07. The minimum Gasteiger partial charge on any atom is -0.297 e. The molecule has 0 aliphatic carbocycles. The molecular weight excluding hydrogens is 264 g/mol. The third-order valence-corrected chi connectivity index (χ3v) is 5.47. The number of piperazine rings is 1. The van der Waals surface area contributed by atoms with Crippen LogP contribution in [0.3, 0.4) is 0 Å². The van der Waals surface area contributed by atoms with Gasteiger partial charge < -0.3 is 0 Å². The van der Waals surface area contributed by atoms with Gasteiger partial charge in [0.05, 0.1) is 0 Å². The molecule has 3 rings (SSSR count). The number of thioether (sulfide) groups is 1. The average molecular weight is 290 g/mol. The van der Waals surface area contributed by atoms with Crippen molar-refractivity contribution in [2.75, 3.05) is 38.2 Å². The van der Waals surface area contributed by atoms with Gasteiger partial charge in [-0.3, -0.25) is 9.80 Å². The maximum absolute atomic E-state index is 2.75. The molecule has 2 unspecified atom stereocenters. The highest BCUT2D eigenvalue weighted by molar-refractivity contribution is 7.98. The van der Waals surface area contributed by atoms with Crippen LogP contribution in [0.1, 0.15) is 30.9 Å². The zero-order valence-corrected chi connectivity index (χ0v) is 13.3. The fourth-order valence-electron chi connectivity index (χ4n) is 3.73. The molecule has 0 spiro atoms. The summed E-state index contributed by atoms with van der Waals surface area (Å²) in [5.74, 6) is 1.28. The smallest absolute Gasteiger partial charge is 0.0475 e. The van der Waals surface area contributed by atoms with Crippen LogP contribution in [0.25, 0.3) is 0 Å². The first kappa shape index (κ1) is 14.4. The van der Waals surface area contributed by atoms with Crippen molar-refractivity contribution in [2.45, 2.75) is 31.3 Å². The topological polar surface area (TPSA) is 6.48 Å². The second-order valence-electron chi connectivity index (χ2n) is 6.06. The molecule has 0 N–H and O–H groups in total. The number of hydrogen-bond acceptors (Lipinski definition) is 3. The van der Waals surface area contributed by atoms with E-state index in [1.165, 1.54) is 56.8 Å². The van der Waals surface area contributed by atoms with Crippen molar-refractivity contribution in [1.29, 1.82) is 0 Å². The Labute approximate surface area is 127 Å². The highest BCUT2D eigenvalue weighted by atomic mass is 32.2. The van der Waals surface area contributed by atoms with Gasteiger partial charge in [0, 0.05) is 25.2 Å². The SMILES string of the molecule is CSCCCN1CC2CCCN2CC1c1ccccc1. The molecule has 1 aromatic rings. The third-order valence-electron chi connectivity index (χ3n) is 4.77. The summed E-state index contributed by atoms with van der Waals surface area (Å²) in [6.07, 6.45) is 6.33. The molecule has 110 valence electrons. The van der Waals surface area contributed by atoms with E-state index in [1.54, 1.807) is 0 Å². The predicted molar refractivity (Wildman–Crippen MR) is 88.4 cm³/mol. The molecule has 2 heterocycles. The Balaban J connectivity index is 1.72. The Morgan fingerprint density at radius 1 is 1.20 bits per heavy atom. The molecule has 0 radical (unpaired) electrons. The number of nitrogens with zero attached hydrogens (tertiary/aromatic N) is 2. The van der Waals surface area contributed by atoms with Crippen molar-refractivity contribution in [2.24, 2.45) is 0 Å². The lowest BCUT2D eigenvalue weighted by atomic mass is 9.99. The van der Waals surface area contributed by atoms with Gasteiger partial charge in [0.2, 0.25) is 0 Å². The number of hydrogen-bond donors (Lipinski definition) is 0. The third kappa shape index (κ3) is 3.21. The zero-order valence-electron chi connectivity index (χ0n) is 12.5. The first-order valence-corrected chi connectivity index (χ1v) is 9.30. The van der Waals surface area contributed by atoms with Crippen LogP contribution >= 0.6 is 11.8 Å². The second kappa shape index (κ2) is 6.97. The summed E-state index contributed by atoms with van der Waals surface area (Å²) in [5.41, 5.74) is 1.50. The molecule has 0 amide bonds. The quantitative estimate of drug-likeness (QED) is 0.769. The van der Waals surface area contributed by atoms with E-state index in [2.05, 4.69) is 46.4 Å². The first-order chi connectivity index (χ1) is 9.88.